The van der Waals surface area contributed by atoms with E-state index in [1.54, 1.807) is 0 Å². The first-order chi connectivity index (χ1) is 9.76. The molecule has 0 amide bonds. The molecule has 6 heteroatoms. The number of aromatic nitrogens is 2. The Morgan fingerprint density at radius 3 is 2.90 bits per heavy atom. The van der Waals surface area contributed by atoms with E-state index in [0.29, 0.717) is 30.8 Å². The number of anilines is 2. The van der Waals surface area contributed by atoms with E-state index in [9.17, 15) is 4.39 Å². The Hall–Kier alpha value is -1.43. The summed E-state index contributed by atoms with van der Waals surface area (Å²) in [4.78, 5) is 10.3. The third-order valence-corrected chi connectivity index (χ3v) is 3.60. The highest BCUT2D eigenvalue weighted by atomic mass is 19.1. The van der Waals surface area contributed by atoms with Gasteiger partial charge in [-0.25, -0.2) is 9.37 Å². The van der Waals surface area contributed by atoms with Crippen LogP contribution in [0.15, 0.2) is 6.20 Å². The van der Waals surface area contributed by atoms with Crippen molar-refractivity contribution in [1.29, 1.82) is 0 Å². The van der Waals surface area contributed by atoms with Crippen molar-refractivity contribution < 1.29 is 9.50 Å². The van der Waals surface area contributed by atoms with Crippen molar-refractivity contribution in [1.82, 2.24) is 9.97 Å². The lowest BCUT2D eigenvalue weighted by Gasteiger charge is -2.38. The molecule has 2 rings (SSSR count). The topological polar surface area (TPSA) is 61.3 Å². The summed E-state index contributed by atoms with van der Waals surface area (Å²) in [5, 5.41) is 12.1. The molecule has 1 fully saturated rings. The molecule has 1 aromatic heterocycles. The summed E-state index contributed by atoms with van der Waals surface area (Å²) in [6.07, 6.45) is 6.11. The minimum absolute atomic E-state index is 0.108. The fourth-order valence-corrected chi connectivity index (χ4v) is 2.28. The first-order valence-electron chi connectivity index (χ1n) is 7.40. The molecule has 1 aliphatic rings. The Morgan fingerprint density at radius 2 is 2.30 bits per heavy atom. The number of halogens is 1. The zero-order valence-corrected chi connectivity index (χ0v) is 12.0. The van der Waals surface area contributed by atoms with E-state index < -0.39 is 5.82 Å². The molecule has 1 saturated carbocycles. The van der Waals surface area contributed by atoms with E-state index in [1.165, 1.54) is 12.6 Å². The van der Waals surface area contributed by atoms with Crippen molar-refractivity contribution in [2.75, 3.05) is 29.9 Å². The van der Waals surface area contributed by atoms with Gasteiger partial charge in [0.15, 0.2) is 11.6 Å². The standard InChI is InChI=1S/C14H23FN4O/c1-2-7-16-14-17-10-12(15)13(18-14)19(8-4-9-20)11-5-3-6-11/h10-11,20H,2-9H2,1H3,(H,16,17,18). The van der Waals surface area contributed by atoms with Gasteiger partial charge in [-0.1, -0.05) is 6.92 Å². The molecule has 112 valence electrons. The summed E-state index contributed by atoms with van der Waals surface area (Å²) in [7, 11) is 0. The average Bonchev–Trinajstić information content (AvgIpc) is 2.40. The van der Waals surface area contributed by atoms with Gasteiger partial charge in [0, 0.05) is 25.7 Å². The van der Waals surface area contributed by atoms with Gasteiger partial charge in [0.05, 0.1) is 6.20 Å². The van der Waals surface area contributed by atoms with Crippen LogP contribution in [0, 0.1) is 5.82 Å². The molecule has 20 heavy (non-hydrogen) atoms. The largest absolute Gasteiger partial charge is 0.396 e. The number of hydrogen-bond acceptors (Lipinski definition) is 5. The quantitative estimate of drug-likeness (QED) is 0.765. The Morgan fingerprint density at radius 1 is 1.50 bits per heavy atom. The number of hydrogen-bond donors (Lipinski definition) is 2. The summed E-state index contributed by atoms with van der Waals surface area (Å²) in [5.74, 6) is 0.435. The highest BCUT2D eigenvalue weighted by Crippen LogP contribution is 2.30. The van der Waals surface area contributed by atoms with E-state index in [-0.39, 0.29) is 6.61 Å². The predicted molar refractivity (Wildman–Crippen MR) is 77.5 cm³/mol. The van der Waals surface area contributed by atoms with Crippen LogP contribution in [0.4, 0.5) is 16.2 Å². The first kappa shape index (κ1) is 15.0. The molecule has 0 aliphatic heterocycles. The van der Waals surface area contributed by atoms with Crippen LogP contribution in [0.2, 0.25) is 0 Å². The smallest absolute Gasteiger partial charge is 0.224 e. The molecule has 0 spiro atoms. The second-order valence-corrected chi connectivity index (χ2v) is 5.15. The Labute approximate surface area is 119 Å². The third-order valence-electron chi connectivity index (χ3n) is 3.60. The second-order valence-electron chi connectivity index (χ2n) is 5.15. The SMILES string of the molecule is CCCNc1ncc(F)c(N(CCCO)C2CCC2)n1. The van der Waals surface area contributed by atoms with Gasteiger partial charge in [0.2, 0.25) is 5.95 Å². The van der Waals surface area contributed by atoms with E-state index >= 15 is 0 Å². The van der Waals surface area contributed by atoms with E-state index in [2.05, 4.69) is 22.2 Å². The van der Waals surface area contributed by atoms with Crippen LogP contribution in [-0.2, 0) is 0 Å². The van der Waals surface area contributed by atoms with Gasteiger partial charge in [-0.05, 0) is 32.1 Å². The average molecular weight is 282 g/mol. The second kappa shape index (κ2) is 7.38. The lowest BCUT2D eigenvalue weighted by atomic mass is 9.91. The van der Waals surface area contributed by atoms with Crippen LogP contribution in [0.25, 0.3) is 0 Å². The van der Waals surface area contributed by atoms with Crippen molar-refractivity contribution >= 4 is 11.8 Å². The molecule has 0 radical (unpaired) electrons. The maximum Gasteiger partial charge on any atom is 0.224 e. The lowest BCUT2D eigenvalue weighted by molar-refractivity contribution is 0.282. The van der Waals surface area contributed by atoms with Gasteiger partial charge in [0.1, 0.15) is 0 Å². The minimum atomic E-state index is -0.392. The molecule has 1 aliphatic carbocycles. The molecule has 5 nitrogen and oxygen atoms in total. The van der Waals surface area contributed by atoms with Crippen molar-refractivity contribution in [3.8, 4) is 0 Å². The Kier molecular flexibility index (Phi) is 5.52. The van der Waals surface area contributed by atoms with E-state index in [1.807, 2.05) is 4.90 Å². The summed E-state index contributed by atoms with van der Waals surface area (Å²) in [6, 6.07) is 0.338. The van der Waals surface area contributed by atoms with Crippen molar-refractivity contribution in [2.24, 2.45) is 0 Å². The number of aliphatic hydroxyl groups is 1. The Bertz CT molecular complexity index is 426. The normalized spacial score (nSPS) is 14.9. The summed E-state index contributed by atoms with van der Waals surface area (Å²) in [6.45, 7) is 3.56. The number of nitrogens with one attached hydrogen (secondary N) is 1. The van der Waals surface area contributed by atoms with Gasteiger partial charge in [-0.2, -0.15) is 4.98 Å². The molecule has 0 bridgehead atoms. The van der Waals surface area contributed by atoms with Crippen molar-refractivity contribution in [2.45, 2.75) is 45.1 Å². The van der Waals surface area contributed by atoms with Gasteiger partial charge in [-0.3, -0.25) is 0 Å². The highest BCUT2D eigenvalue weighted by Gasteiger charge is 2.28. The molecule has 0 saturated heterocycles. The summed E-state index contributed by atoms with van der Waals surface area (Å²) in [5.41, 5.74) is 0. The van der Waals surface area contributed by atoms with Crippen molar-refractivity contribution in [3.63, 3.8) is 0 Å². The van der Waals surface area contributed by atoms with E-state index in [4.69, 9.17) is 5.11 Å². The maximum absolute atomic E-state index is 14.0. The lowest BCUT2D eigenvalue weighted by Crippen LogP contribution is -2.42. The first-order valence-corrected chi connectivity index (χ1v) is 7.40. The Balaban J connectivity index is 2.16. The predicted octanol–water partition coefficient (Wildman–Crippen LogP) is 2.18. The van der Waals surface area contributed by atoms with Crippen molar-refractivity contribution in [3.05, 3.63) is 12.0 Å². The number of aliphatic hydroxyl groups excluding tert-OH is 1. The van der Waals surface area contributed by atoms with E-state index in [0.717, 1.165) is 25.8 Å². The fourth-order valence-electron chi connectivity index (χ4n) is 2.28. The fraction of sp³-hybridized carbons (Fsp3) is 0.714. The zero-order chi connectivity index (χ0) is 14.4. The van der Waals surface area contributed by atoms with Crippen LogP contribution in [-0.4, -0.2) is 40.8 Å². The molecule has 2 N–H and O–H groups in total. The molecule has 0 atom stereocenters. The van der Waals surface area contributed by atoms with Crippen LogP contribution in [0.3, 0.4) is 0 Å². The third kappa shape index (κ3) is 3.56. The van der Waals surface area contributed by atoms with Gasteiger partial charge < -0.3 is 15.3 Å². The summed E-state index contributed by atoms with van der Waals surface area (Å²) < 4.78 is 14.0. The van der Waals surface area contributed by atoms with Gasteiger partial charge >= 0.3 is 0 Å². The minimum Gasteiger partial charge on any atom is -0.396 e. The molecule has 1 aromatic rings. The number of nitrogens with zero attached hydrogens (tertiary/aromatic N) is 3. The van der Waals surface area contributed by atoms with Crippen LogP contribution in [0.5, 0.6) is 0 Å². The van der Waals surface area contributed by atoms with Crippen LogP contribution < -0.4 is 10.2 Å². The molecule has 1 heterocycles. The monoisotopic (exact) mass is 282 g/mol. The van der Waals surface area contributed by atoms with Crippen LogP contribution in [0.1, 0.15) is 39.0 Å². The maximum atomic E-state index is 14.0. The van der Waals surface area contributed by atoms with Gasteiger partial charge in [-0.15, -0.1) is 0 Å². The van der Waals surface area contributed by atoms with Crippen LogP contribution >= 0.6 is 0 Å². The molecular formula is C14H23FN4O. The number of rotatable bonds is 8. The molecular weight excluding hydrogens is 259 g/mol. The molecule has 0 unspecified atom stereocenters. The van der Waals surface area contributed by atoms with Gasteiger partial charge in [0.25, 0.3) is 0 Å². The zero-order valence-electron chi connectivity index (χ0n) is 12.0. The highest BCUT2D eigenvalue weighted by molar-refractivity contribution is 5.45. The molecule has 0 aromatic carbocycles. The summed E-state index contributed by atoms with van der Waals surface area (Å²) >= 11 is 0.